The molecule has 110 valence electrons. The highest BCUT2D eigenvalue weighted by Crippen LogP contribution is 2.13. The third kappa shape index (κ3) is 6.08. The van der Waals surface area contributed by atoms with Crippen molar-refractivity contribution in [3.63, 3.8) is 0 Å². The van der Waals surface area contributed by atoms with E-state index in [1.807, 2.05) is 0 Å². The first kappa shape index (κ1) is 17.8. The maximum Gasteiger partial charge on any atom is 0.111 e. The Kier molecular flexibility index (Phi) is 9.53. The molecule has 0 rings (SSSR count). The molecule has 0 aliphatic heterocycles. The van der Waals surface area contributed by atoms with Gasteiger partial charge in [-0.1, -0.05) is 32.6 Å². The highest BCUT2D eigenvalue weighted by atomic mass is 16.4. The molecule has 0 aliphatic carbocycles. The first-order chi connectivity index (χ1) is 8.45. The summed E-state index contributed by atoms with van der Waals surface area (Å²) in [5.74, 6) is 0. The molecule has 0 spiro atoms. The Morgan fingerprint density at radius 3 is 1.78 bits per heavy atom. The summed E-state index contributed by atoms with van der Waals surface area (Å²) in [6.07, 6.45) is -3.54. The number of hydrogen-bond acceptors (Lipinski definition) is 6. The molecule has 0 saturated heterocycles. The van der Waals surface area contributed by atoms with Crippen molar-refractivity contribution in [3.05, 3.63) is 0 Å². The second kappa shape index (κ2) is 9.66. The van der Waals surface area contributed by atoms with Gasteiger partial charge in [-0.25, -0.2) is 0 Å². The summed E-state index contributed by atoms with van der Waals surface area (Å²) in [7, 11) is 0. The molecule has 5 atom stereocenters. The second-order valence-corrected chi connectivity index (χ2v) is 4.64. The normalized spacial score (nSPS) is 20.2. The Hall–Kier alpha value is -0.240. The molecule has 0 aromatic rings. The zero-order valence-corrected chi connectivity index (χ0v) is 10.8. The van der Waals surface area contributed by atoms with Crippen LogP contribution in [0.4, 0.5) is 0 Å². The number of unbranched alkanes of at least 4 members (excludes halogenated alkanes) is 3. The van der Waals surface area contributed by atoms with Crippen LogP contribution in [0, 0.1) is 0 Å². The Labute approximate surface area is 108 Å². The Morgan fingerprint density at radius 2 is 1.28 bits per heavy atom. The summed E-state index contributed by atoms with van der Waals surface area (Å²) in [5.41, 5.74) is 0. The number of aliphatic hydroxyl groups is 6. The van der Waals surface area contributed by atoms with Gasteiger partial charge in [0.2, 0.25) is 0 Å². The maximum absolute atomic E-state index is 9.63. The van der Waals surface area contributed by atoms with Crippen molar-refractivity contribution in [2.24, 2.45) is 0 Å². The predicted octanol–water partition coefficient (Wildman–Crippen LogP) is -1.25. The molecule has 18 heavy (non-hydrogen) atoms. The number of hydrogen-bond donors (Lipinski definition) is 6. The molecule has 0 aromatic heterocycles. The van der Waals surface area contributed by atoms with E-state index in [2.05, 4.69) is 6.92 Å². The fourth-order valence-corrected chi connectivity index (χ4v) is 1.72. The van der Waals surface area contributed by atoms with E-state index in [0.717, 1.165) is 25.7 Å². The Bertz CT molecular complexity index is 201. The van der Waals surface area contributed by atoms with Gasteiger partial charge >= 0.3 is 0 Å². The van der Waals surface area contributed by atoms with E-state index < -0.39 is 37.1 Å². The quantitative estimate of drug-likeness (QED) is 0.275. The molecule has 0 amide bonds. The van der Waals surface area contributed by atoms with Crippen LogP contribution in [0.2, 0.25) is 0 Å². The van der Waals surface area contributed by atoms with Gasteiger partial charge < -0.3 is 30.6 Å². The predicted molar refractivity (Wildman–Crippen MR) is 65.9 cm³/mol. The van der Waals surface area contributed by atoms with E-state index in [-0.39, 0.29) is 0 Å². The molecular weight excluding hydrogens is 240 g/mol. The summed E-state index contributed by atoms with van der Waals surface area (Å²) >= 11 is 0. The van der Waals surface area contributed by atoms with E-state index in [0.29, 0.717) is 6.42 Å². The summed E-state index contributed by atoms with van der Waals surface area (Å²) in [6.45, 7) is 1.33. The fraction of sp³-hybridized carbons (Fsp3) is 1.00. The highest BCUT2D eigenvalue weighted by molar-refractivity contribution is 4.84. The van der Waals surface area contributed by atoms with Crippen molar-refractivity contribution in [2.75, 3.05) is 6.61 Å². The van der Waals surface area contributed by atoms with Crippen LogP contribution in [0.15, 0.2) is 0 Å². The van der Waals surface area contributed by atoms with Crippen molar-refractivity contribution < 1.29 is 30.6 Å². The minimum absolute atomic E-state index is 0.320. The molecule has 0 bridgehead atoms. The van der Waals surface area contributed by atoms with Crippen LogP contribution >= 0.6 is 0 Å². The van der Waals surface area contributed by atoms with Gasteiger partial charge in [0.05, 0.1) is 12.7 Å². The van der Waals surface area contributed by atoms with E-state index in [1.54, 1.807) is 0 Å². The smallest absolute Gasteiger partial charge is 0.111 e. The second-order valence-electron chi connectivity index (χ2n) is 4.64. The van der Waals surface area contributed by atoms with Crippen LogP contribution in [0.25, 0.3) is 0 Å². The van der Waals surface area contributed by atoms with Gasteiger partial charge in [-0.15, -0.1) is 0 Å². The molecule has 6 N–H and O–H groups in total. The average molecular weight is 266 g/mol. The van der Waals surface area contributed by atoms with E-state index in [4.69, 9.17) is 10.2 Å². The van der Waals surface area contributed by atoms with Crippen LogP contribution < -0.4 is 0 Å². The molecule has 0 saturated carbocycles. The molecule has 0 fully saturated rings. The van der Waals surface area contributed by atoms with Crippen LogP contribution in [0.1, 0.15) is 39.0 Å². The van der Waals surface area contributed by atoms with Gasteiger partial charge in [0, 0.05) is 0 Å². The lowest BCUT2D eigenvalue weighted by molar-refractivity contribution is -0.141. The highest BCUT2D eigenvalue weighted by Gasteiger charge is 2.33. The molecule has 0 aromatic carbocycles. The lowest BCUT2D eigenvalue weighted by Crippen LogP contribution is -2.49. The standard InChI is InChI=1S/C12H26O6/c1-2-3-4-5-6-8(14)10(16)12(18)11(17)9(15)7-13/h8-18H,2-7H2,1H3/t8?,9-,10+,11+,12+/m0/s1. The first-order valence-electron chi connectivity index (χ1n) is 6.46. The minimum atomic E-state index is -1.69. The van der Waals surface area contributed by atoms with E-state index in [9.17, 15) is 20.4 Å². The van der Waals surface area contributed by atoms with Gasteiger partial charge in [-0.2, -0.15) is 0 Å². The van der Waals surface area contributed by atoms with Crippen molar-refractivity contribution in [1.29, 1.82) is 0 Å². The Morgan fingerprint density at radius 1 is 0.722 bits per heavy atom. The largest absolute Gasteiger partial charge is 0.394 e. The molecule has 0 aliphatic rings. The SMILES string of the molecule is CCCCCCC(O)[C@@H](O)[C@@H](O)[C@H](O)[C@@H](O)CO. The topological polar surface area (TPSA) is 121 Å². The summed E-state index contributed by atoms with van der Waals surface area (Å²) in [4.78, 5) is 0. The summed E-state index contributed by atoms with van der Waals surface area (Å²) < 4.78 is 0. The molecule has 0 heterocycles. The maximum atomic E-state index is 9.63. The van der Waals surface area contributed by atoms with Crippen LogP contribution in [0.3, 0.4) is 0 Å². The molecule has 0 radical (unpaired) electrons. The van der Waals surface area contributed by atoms with Crippen LogP contribution in [0.5, 0.6) is 0 Å². The summed E-state index contributed by atoms with van der Waals surface area (Å²) in [6, 6.07) is 0. The van der Waals surface area contributed by atoms with Gasteiger partial charge in [-0.3, -0.25) is 0 Å². The van der Waals surface area contributed by atoms with Gasteiger partial charge in [0.15, 0.2) is 0 Å². The molecule has 6 heteroatoms. The van der Waals surface area contributed by atoms with Crippen LogP contribution in [-0.2, 0) is 0 Å². The fourth-order valence-electron chi connectivity index (χ4n) is 1.72. The summed E-state index contributed by atoms with van der Waals surface area (Å²) in [5, 5.41) is 55.9. The van der Waals surface area contributed by atoms with E-state index in [1.165, 1.54) is 0 Å². The van der Waals surface area contributed by atoms with Crippen molar-refractivity contribution in [2.45, 2.75) is 69.5 Å². The zero-order chi connectivity index (χ0) is 14.1. The van der Waals surface area contributed by atoms with Gasteiger partial charge in [-0.05, 0) is 6.42 Å². The van der Waals surface area contributed by atoms with E-state index >= 15 is 0 Å². The zero-order valence-electron chi connectivity index (χ0n) is 10.8. The third-order valence-corrected chi connectivity index (χ3v) is 3.03. The minimum Gasteiger partial charge on any atom is -0.394 e. The number of aliphatic hydroxyl groups excluding tert-OH is 6. The first-order valence-corrected chi connectivity index (χ1v) is 6.46. The average Bonchev–Trinajstić information content (AvgIpc) is 2.39. The van der Waals surface area contributed by atoms with Gasteiger partial charge in [0.25, 0.3) is 0 Å². The van der Waals surface area contributed by atoms with Crippen molar-refractivity contribution >= 4 is 0 Å². The third-order valence-electron chi connectivity index (χ3n) is 3.03. The van der Waals surface area contributed by atoms with Gasteiger partial charge in [0.1, 0.15) is 24.4 Å². The monoisotopic (exact) mass is 266 g/mol. The Balaban J connectivity index is 4.06. The molecule has 6 nitrogen and oxygen atoms in total. The van der Waals surface area contributed by atoms with Crippen molar-refractivity contribution in [3.8, 4) is 0 Å². The van der Waals surface area contributed by atoms with Crippen molar-refractivity contribution in [1.82, 2.24) is 0 Å². The molecule has 1 unspecified atom stereocenters. The lowest BCUT2D eigenvalue weighted by Gasteiger charge is -2.28. The lowest BCUT2D eigenvalue weighted by atomic mass is 9.96. The molecular formula is C12H26O6. The van der Waals surface area contributed by atoms with Crippen LogP contribution in [-0.4, -0.2) is 67.8 Å². The number of rotatable bonds is 10.